The van der Waals surface area contributed by atoms with Crippen molar-refractivity contribution in [1.29, 1.82) is 0 Å². The normalized spacial score (nSPS) is 13.0. The number of amides is 1. The second kappa shape index (κ2) is 10.6. The lowest BCUT2D eigenvalue weighted by Gasteiger charge is -2.30. The fraction of sp³-hybridized carbons (Fsp3) is 0.875. The van der Waals surface area contributed by atoms with Gasteiger partial charge in [0, 0.05) is 19.4 Å². The Kier molecular flexibility index (Phi) is 10.0. The van der Waals surface area contributed by atoms with Crippen molar-refractivity contribution in [2.24, 2.45) is 17.1 Å². The van der Waals surface area contributed by atoms with Gasteiger partial charge < -0.3 is 16.2 Å². The van der Waals surface area contributed by atoms with Crippen molar-refractivity contribution in [3.63, 3.8) is 0 Å². The highest BCUT2D eigenvalue weighted by molar-refractivity contribution is 5.75. The molecule has 0 spiro atoms. The number of carbonyl (C=O) groups excluding carboxylic acids is 1. The van der Waals surface area contributed by atoms with Crippen LogP contribution in [0.3, 0.4) is 0 Å². The van der Waals surface area contributed by atoms with Crippen molar-refractivity contribution in [2.75, 3.05) is 13.1 Å². The molecule has 0 aromatic carbocycles. The Balaban J connectivity index is 3.96. The number of carbonyl (C=O) groups is 2. The predicted molar refractivity (Wildman–Crippen MR) is 85.0 cm³/mol. The van der Waals surface area contributed by atoms with Gasteiger partial charge in [0.2, 0.25) is 5.91 Å². The molecular weight excluding hydrogens is 268 g/mol. The number of aliphatic carboxylic acids is 1. The molecule has 0 heterocycles. The van der Waals surface area contributed by atoms with Crippen molar-refractivity contribution < 1.29 is 14.7 Å². The monoisotopic (exact) mass is 300 g/mol. The Morgan fingerprint density at radius 3 is 2.29 bits per heavy atom. The maximum atomic E-state index is 11.7. The van der Waals surface area contributed by atoms with Crippen LogP contribution in [-0.4, -0.2) is 30.1 Å². The van der Waals surface area contributed by atoms with E-state index in [9.17, 15) is 9.59 Å². The van der Waals surface area contributed by atoms with E-state index in [0.29, 0.717) is 31.8 Å². The first-order valence-corrected chi connectivity index (χ1v) is 7.96. The SMILES string of the molecule is CC(C)(C)C(CCNC(=O)CCCCCN)CCC(=O)O. The number of rotatable bonds is 11. The van der Waals surface area contributed by atoms with E-state index in [4.69, 9.17) is 10.8 Å². The van der Waals surface area contributed by atoms with E-state index < -0.39 is 5.97 Å². The van der Waals surface area contributed by atoms with Crippen LogP contribution in [0.1, 0.15) is 65.7 Å². The van der Waals surface area contributed by atoms with Gasteiger partial charge in [0.1, 0.15) is 0 Å². The van der Waals surface area contributed by atoms with Gasteiger partial charge in [0.15, 0.2) is 0 Å². The van der Waals surface area contributed by atoms with Gasteiger partial charge in [0.25, 0.3) is 0 Å². The van der Waals surface area contributed by atoms with Crippen LogP contribution in [0.4, 0.5) is 0 Å². The zero-order valence-electron chi connectivity index (χ0n) is 13.8. The maximum absolute atomic E-state index is 11.7. The summed E-state index contributed by atoms with van der Waals surface area (Å²) in [6, 6.07) is 0. The van der Waals surface area contributed by atoms with Crippen LogP contribution in [0, 0.1) is 11.3 Å². The topological polar surface area (TPSA) is 92.4 Å². The molecule has 0 aromatic rings. The summed E-state index contributed by atoms with van der Waals surface area (Å²) < 4.78 is 0. The Labute approximate surface area is 128 Å². The molecule has 1 unspecified atom stereocenters. The van der Waals surface area contributed by atoms with Crippen molar-refractivity contribution in [1.82, 2.24) is 5.32 Å². The highest BCUT2D eigenvalue weighted by atomic mass is 16.4. The first-order valence-electron chi connectivity index (χ1n) is 7.96. The first kappa shape index (κ1) is 19.9. The van der Waals surface area contributed by atoms with Crippen LogP contribution < -0.4 is 11.1 Å². The number of carboxylic acids is 1. The zero-order chi connectivity index (χ0) is 16.3. The Hall–Kier alpha value is -1.10. The molecule has 0 radical (unpaired) electrons. The zero-order valence-corrected chi connectivity index (χ0v) is 13.8. The summed E-state index contributed by atoms with van der Waals surface area (Å²) in [4.78, 5) is 22.4. The largest absolute Gasteiger partial charge is 0.481 e. The molecule has 1 amide bonds. The van der Waals surface area contributed by atoms with Crippen LogP contribution in [-0.2, 0) is 9.59 Å². The molecule has 124 valence electrons. The fourth-order valence-electron chi connectivity index (χ4n) is 2.39. The van der Waals surface area contributed by atoms with Gasteiger partial charge in [-0.25, -0.2) is 0 Å². The number of unbranched alkanes of at least 4 members (excludes halogenated alkanes) is 2. The number of hydrogen-bond acceptors (Lipinski definition) is 3. The molecule has 0 aliphatic carbocycles. The van der Waals surface area contributed by atoms with E-state index in [-0.39, 0.29) is 17.7 Å². The predicted octanol–water partition coefficient (Wildman–Crippen LogP) is 2.54. The van der Waals surface area contributed by atoms with E-state index in [1.54, 1.807) is 0 Å². The van der Waals surface area contributed by atoms with Crippen LogP contribution in [0.5, 0.6) is 0 Å². The molecule has 1 atom stereocenters. The van der Waals surface area contributed by atoms with Crippen molar-refractivity contribution in [3.8, 4) is 0 Å². The van der Waals surface area contributed by atoms with Crippen molar-refractivity contribution >= 4 is 11.9 Å². The van der Waals surface area contributed by atoms with Gasteiger partial charge >= 0.3 is 5.97 Å². The molecule has 5 nitrogen and oxygen atoms in total. The van der Waals surface area contributed by atoms with E-state index in [1.807, 2.05) is 0 Å². The highest BCUT2D eigenvalue weighted by Crippen LogP contribution is 2.32. The Bertz CT molecular complexity index is 311. The average Bonchev–Trinajstić information content (AvgIpc) is 2.37. The molecule has 0 aliphatic heterocycles. The van der Waals surface area contributed by atoms with Crippen molar-refractivity contribution in [3.05, 3.63) is 0 Å². The van der Waals surface area contributed by atoms with Gasteiger partial charge in [0.05, 0.1) is 0 Å². The number of nitrogens with two attached hydrogens (primary N) is 1. The van der Waals surface area contributed by atoms with Gasteiger partial charge in [-0.15, -0.1) is 0 Å². The summed E-state index contributed by atoms with van der Waals surface area (Å²) >= 11 is 0. The molecule has 0 aromatic heterocycles. The maximum Gasteiger partial charge on any atom is 0.303 e. The van der Waals surface area contributed by atoms with Crippen LogP contribution in [0.2, 0.25) is 0 Å². The first-order chi connectivity index (χ1) is 9.77. The summed E-state index contributed by atoms with van der Waals surface area (Å²) in [6.45, 7) is 7.66. The minimum atomic E-state index is -0.756. The Morgan fingerprint density at radius 1 is 1.10 bits per heavy atom. The fourth-order valence-corrected chi connectivity index (χ4v) is 2.39. The van der Waals surface area contributed by atoms with Crippen molar-refractivity contribution in [2.45, 2.75) is 65.7 Å². The lowest BCUT2D eigenvalue weighted by atomic mass is 9.76. The molecule has 0 saturated carbocycles. The van der Waals surface area contributed by atoms with E-state index >= 15 is 0 Å². The minimum Gasteiger partial charge on any atom is -0.481 e. The van der Waals surface area contributed by atoms with Crippen LogP contribution in [0.25, 0.3) is 0 Å². The molecule has 4 N–H and O–H groups in total. The summed E-state index contributed by atoms with van der Waals surface area (Å²) in [5.74, 6) is -0.378. The lowest BCUT2D eigenvalue weighted by molar-refractivity contribution is -0.137. The number of hydrogen-bond donors (Lipinski definition) is 3. The summed E-state index contributed by atoms with van der Waals surface area (Å²) in [5, 5.41) is 11.7. The van der Waals surface area contributed by atoms with Gasteiger partial charge in [-0.05, 0) is 43.6 Å². The molecule has 0 bridgehead atoms. The third-order valence-electron chi connectivity index (χ3n) is 3.85. The molecule has 0 aliphatic rings. The van der Waals surface area contributed by atoms with Gasteiger partial charge in [-0.1, -0.05) is 27.2 Å². The molecule has 0 saturated heterocycles. The second-order valence-corrected chi connectivity index (χ2v) is 6.73. The third kappa shape index (κ3) is 11.3. The molecule has 5 heteroatoms. The number of carboxylic acid groups (broad SMARTS) is 1. The standard InChI is InChI=1S/C16H32N2O3/c1-16(2,3)13(8-9-15(20)21)10-12-18-14(19)7-5-4-6-11-17/h13H,4-12,17H2,1-3H3,(H,18,19)(H,20,21). The second-order valence-electron chi connectivity index (χ2n) is 6.73. The molecule has 0 fully saturated rings. The molecule has 0 rings (SSSR count). The average molecular weight is 300 g/mol. The summed E-state index contributed by atoms with van der Waals surface area (Å²) in [6.07, 6.45) is 5.06. The molecular formula is C16H32N2O3. The summed E-state index contributed by atoms with van der Waals surface area (Å²) in [5.41, 5.74) is 5.46. The van der Waals surface area contributed by atoms with E-state index in [2.05, 4.69) is 26.1 Å². The minimum absolute atomic E-state index is 0.0568. The summed E-state index contributed by atoms with van der Waals surface area (Å²) in [7, 11) is 0. The van der Waals surface area contributed by atoms with Crippen LogP contribution >= 0.6 is 0 Å². The third-order valence-corrected chi connectivity index (χ3v) is 3.85. The van der Waals surface area contributed by atoms with E-state index in [1.165, 1.54) is 0 Å². The quantitative estimate of drug-likeness (QED) is 0.511. The Morgan fingerprint density at radius 2 is 1.76 bits per heavy atom. The molecule has 21 heavy (non-hydrogen) atoms. The van der Waals surface area contributed by atoms with Crippen LogP contribution in [0.15, 0.2) is 0 Å². The van der Waals surface area contributed by atoms with Gasteiger partial charge in [-0.2, -0.15) is 0 Å². The van der Waals surface area contributed by atoms with E-state index in [0.717, 1.165) is 25.7 Å². The number of nitrogens with one attached hydrogen (secondary N) is 1. The highest BCUT2D eigenvalue weighted by Gasteiger charge is 2.24. The van der Waals surface area contributed by atoms with Gasteiger partial charge in [-0.3, -0.25) is 9.59 Å². The smallest absolute Gasteiger partial charge is 0.303 e. The lowest BCUT2D eigenvalue weighted by Crippen LogP contribution is -2.29.